The molecule has 0 spiro atoms. The van der Waals surface area contributed by atoms with Gasteiger partial charge < -0.3 is 9.47 Å². The molecule has 0 fully saturated rings. The first-order valence-electron chi connectivity index (χ1n) is 14.7. The summed E-state index contributed by atoms with van der Waals surface area (Å²) in [4.78, 5) is 4.61. The zero-order valence-electron chi connectivity index (χ0n) is 24.3. The van der Waals surface area contributed by atoms with Crippen LogP contribution in [0.2, 0.25) is 0 Å². The lowest BCUT2D eigenvalue weighted by atomic mass is 9.99. The number of aliphatic imine (C=N–C) groups is 1. The molecule has 0 radical (unpaired) electrons. The fraction of sp³-hybridized carbons (Fsp3) is 0.297. The largest absolute Gasteiger partial charge is 0.494 e. The maximum absolute atomic E-state index is 8.95. The van der Waals surface area contributed by atoms with Gasteiger partial charge in [0.05, 0.1) is 30.5 Å². The van der Waals surface area contributed by atoms with Gasteiger partial charge in [0, 0.05) is 6.21 Å². The molecular weight excluding hydrogens is 504 g/mol. The van der Waals surface area contributed by atoms with E-state index in [1.54, 1.807) is 0 Å². The number of nitriles is 1. The number of rotatable bonds is 15. The zero-order chi connectivity index (χ0) is 28.7. The third-order valence-electron chi connectivity index (χ3n) is 7.24. The van der Waals surface area contributed by atoms with Gasteiger partial charge in [0.1, 0.15) is 11.5 Å². The monoisotopic (exact) mass is 544 g/mol. The molecule has 0 heterocycles. The van der Waals surface area contributed by atoms with E-state index in [-0.39, 0.29) is 0 Å². The normalized spacial score (nSPS) is 11.7. The number of hydrogen-bond donors (Lipinski definition) is 0. The van der Waals surface area contributed by atoms with E-state index in [0.717, 1.165) is 66.0 Å². The number of nitrogens with zero attached hydrogens (tertiary/aromatic N) is 2. The Labute approximate surface area is 245 Å². The van der Waals surface area contributed by atoms with E-state index in [2.05, 4.69) is 61.3 Å². The Morgan fingerprint density at radius 3 is 1.78 bits per heavy atom. The van der Waals surface area contributed by atoms with Gasteiger partial charge in [-0.05, 0) is 121 Å². The van der Waals surface area contributed by atoms with Crippen LogP contribution < -0.4 is 9.47 Å². The van der Waals surface area contributed by atoms with Crippen molar-refractivity contribution in [1.29, 1.82) is 5.26 Å². The highest BCUT2D eigenvalue weighted by Gasteiger charge is 2.02. The molecule has 41 heavy (non-hydrogen) atoms. The summed E-state index contributed by atoms with van der Waals surface area (Å²) in [6, 6.07) is 34.6. The molecule has 0 amide bonds. The van der Waals surface area contributed by atoms with Gasteiger partial charge in [-0.1, -0.05) is 56.7 Å². The minimum atomic E-state index is 0.671. The first-order chi connectivity index (χ1) is 20.1. The predicted molar refractivity (Wildman–Crippen MR) is 169 cm³/mol. The predicted octanol–water partition coefficient (Wildman–Crippen LogP) is 9.58. The van der Waals surface area contributed by atoms with Crippen LogP contribution in [0.5, 0.6) is 11.5 Å². The van der Waals surface area contributed by atoms with E-state index in [4.69, 9.17) is 14.7 Å². The Morgan fingerprint density at radius 2 is 1.24 bits per heavy atom. The molecular formula is C37H40N2O2. The van der Waals surface area contributed by atoms with Gasteiger partial charge in [0.15, 0.2) is 0 Å². The van der Waals surface area contributed by atoms with Crippen molar-refractivity contribution in [2.75, 3.05) is 13.2 Å². The van der Waals surface area contributed by atoms with Crippen molar-refractivity contribution in [2.45, 2.75) is 52.4 Å². The van der Waals surface area contributed by atoms with Gasteiger partial charge in [0.25, 0.3) is 0 Å². The van der Waals surface area contributed by atoms with Crippen LogP contribution in [-0.4, -0.2) is 19.4 Å². The van der Waals surface area contributed by atoms with Gasteiger partial charge in [0.2, 0.25) is 0 Å². The van der Waals surface area contributed by atoms with Crippen molar-refractivity contribution in [3.8, 4) is 28.7 Å². The molecule has 4 aromatic carbocycles. The molecule has 0 bridgehead atoms. The summed E-state index contributed by atoms with van der Waals surface area (Å²) in [6.07, 6.45) is 8.49. The summed E-state index contributed by atoms with van der Waals surface area (Å²) in [5.74, 6) is 2.49. The summed E-state index contributed by atoms with van der Waals surface area (Å²) >= 11 is 0. The highest BCUT2D eigenvalue weighted by molar-refractivity contribution is 5.82. The molecule has 0 aliphatic heterocycles. The molecule has 0 saturated carbocycles. The molecule has 0 aliphatic rings. The lowest BCUT2D eigenvalue weighted by Gasteiger charge is -2.08. The first kappa shape index (κ1) is 29.6. The lowest BCUT2D eigenvalue weighted by molar-refractivity contribution is 0.287. The molecule has 0 N–H and O–H groups in total. The first-order valence-corrected chi connectivity index (χ1v) is 14.7. The van der Waals surface area contributed by atoms with Crippen LogP contribution in [0.1, 0.15) is 62.6 Å². The summed E-state index contributed by atoms with van der Waals surface area (Å²) in [6.45, 7) is 5.96. The number of ether oxygens (including phenoxy) is 2. The molecule has 1 atom stereocenters. The standard InChI is InChI=1S/C37H40N2O2/c1-3-29(2)26-30-10-18-35(19-11-30)39-28-32-12-20-36(21-13-32)40-24-6-4-5-7-25-41-37-22-16-34(17-23-37)33-14-8-31(27-38)9-15-33/h8-23,28-29H,3-7,24-26H2,1-2H3/t29-/m0/s1. The van der Waals surface area contributed by atoms with Gasteiger partial charge in [-0.25, -0.2) is 0 Å². The number of benzene rings is 4. The third-order valence-corrected chi connectivity index (χ3v) is 7.24. The molecule has 0 aliphatic carbocycles. The van der Waals surface area contributed by atoms with Crippen LogP contribution >= 0.6 is 0 Å². The van der Waals surface area contributed by atoms with Crippen molar-refractivity contribution >= 4 is 11.9 Å². The molecule has 4 rings (SSSR count). The van der Waals surface area contributed by atoms with E-state index in [1.807, 2.05) is 66.9 Å². The topological polar surface area (TPSA) is 54.6 Å². The Bertz CT molecular complexity index is 1380. The van der Waals surface area contributed by atoms with Crippen LogP contribution in [-0.2, 0) is 6.42 Å². The lowest BCUT2D eigenvalue weighted by Crippen LogP contribution is -2.00. The van der Waals surface area contributed by atoms with Crippen molar-refractivity contribution < 1.29 is 9.47 Å². The van der Waals surface area contributed by atoms with Crippen LogP contribution in [0.3, 0.4) is 0 Å². The molecule has 0 saturated heterocycles. The van der Waals surface area contributed by atoms with Crippen LogP contribution in [0.4, 0.5) is 5.69 Å². The minimum Gasteiger partial charge on any atom is -0.494 e. The van der Waals surface area contributed by atoms with E-state index in [9.17, 15) is 0 Å². The molecule has 0 aromatic heterocycles. The Morgan fingerprint density at radius 1 is 0.707 bits per heavy atom. The maximum atomic E-state index is 8.95. The number of hydrogen-bond acceptors (Lipinski definition) is 4. The quantitative estimate of drug-likeness (QED) is 0.111. The van der Waals surface area contributed by atoms with E-state index in [1.165, 1.54) is 12.0 Å². The van der Waals surface area contributed by atoms with E-state index >= 15 is 0 Å². The molecule has 4 aromatic rings. The summed E-state index contributed by atoms with van der Waals surface area (Å²) in [7, 11) is 0. The van der Waals surface area contributed by atoms with Gasteiger partial charge >= 0.3 is 0 Å². The van der Waals surface area contributed by atoms with Crippen LogP contribution in [0.15, 0.2) is 102 Å². The third kappa shape index (κ3) is 9.96. The Kier molecular flexibility index (Phi) is 11.6. The van der Waals surface area contributed by atoms with Crippen molar-refractivity contribution in [1.82, 2.24) is 0 Å². The molecule has 0 unspecified atom stereocenters. The van der Waals surface area contributed by atoms with Crippen molar-refractivity contribution in [3.63, 3.8) is 0 Å². The second kappa shape index (κ2) is 16.0. The molecule has 210 valence electrons. The minimum absolute atomic E-state index is 0.671. The summed E-state index contributed by atoms with van der Waals surface area (Å²) in [5, 5.41) is 8.95. The fourth-order valence-corrected chi connectivity index (χ4v) is 4.48. The second-order valence-electron chi connectivity index (χ2n) is 10.5. The van der Waals surface area contributed by atoms with E-state index < -0.39 is 0 Å². The van der Waals surface area contributed by atoms with E-state index in [0.29, 0.717) is 24.7 Å². The van der Waals surface area contributed by atoms with Gasteiger partial charge in [-0.3, -0.25) is 4.99 Å². The summed E-state index contributed by atoms with van der Waals surface area (Å²) in [5.41, 5.74) is 6.28. The van der Waals surface area contributed by atoms with Crippen molar-refractivity contribution in [3.05, 3.63) is 114 Å². The highest BCUT2D eigenvalue weighted by atomic mass is 16.5. The van der Waals surface area contributed by atoms with Crippen LogP contribution in [0, 0.1) is 17.2 Å². The smallest absolute Gasteiger partial charge is 0.119 e. The van der Waals surface area contributed by atoms with Gasteiger partial charge in [-0.15, -0.1) is 0 Å². The van der Waals surface area contributed by atoms with Crippen LogP contribution in [0.25, 0.3) is 11.1 Å². The zero-order valence-corrected chi connectivity index (χ0v) is 24.3. The van der Waals surface area contributed by atoms with Crippen molar-refractivity contribution in [2.24, 2.45) is 10.9 Å². The Hall–Kier alpha value is -4.36. The SMILES string of the molecule is CC[C@H](C)Cc1ccc(N=Cc2ccc(OCCCCCCOc3ccc(-c4ccc(C#N)cc4)cc3)cc2)cc1. The van der Waals surface area contributed by atoms with Gasteiger partial charge in [-0.2, -0.15) is 5.26 Å². The second-order valence-corrected chi connectivity index (χ2v) is 10.5. The maximum Gasteiger partial charge on any atom is 0.119 e. The molecule has 4 heteroatoms. The Balaban J connectivity index is 1.07. The fourth-order valence-electron chi connectivity index (χ4n) is 4.48. The average Bonchev–Trinajstić information content (AvgIpc) is 3.03. The highest BCUT2D eigenvalue weighted by Crippen LogP contribution is 2.23. The average molecular weight is 545 g/mol. The summed E-state index contributed by atoms with van der Waals surface area (Å²) < 4.78 is 11.8. The number of unbranched alkanes of at least 4 members (excludes halogenated alkanes) is 3. The molecule has 4 nitrogen and oxygen atoms in total.